The summed E-state index contributed by atoms with van der Waals surface area (Å²) in [5, 5.41) is 8.38. The fraction of sp³-hybridized carbons (Fsp3) is 0.814. The number of benzene rings is 2. The lowest BCUT2D eigenvalue weighted by Gasteiger charge is -2.32. The number of ether oxygens (including phenoxy) is 13. The van der Waals surface area contributed by atoms with Crippen molar-refractivity contribution >= 4 is 35.8 Å². The van der Waals surface area contributed by atoms with E-state index in [1.807, 2.05) is 138 Å². The van der Waals surface area contributed by atoms with Crippen molar-refractivity contribution in [1.82, 2.24) is 0 Å². The Morgan fingerprint density at radius 1 is 0.350 bits per heavy atom. The second-order valence-electron chi connectivity index (χ2n) is 35.9. The van der Waals surface area contributed by atoms with Gasteiger partial charge in [-0.05, 0) is 285 Å². The molecule has 0 spiro atoms. The molecule has 682 valence electrons. The second kappa shape index (κ2) is 61.0. The minimum atomic E-state index is -0.421. The first-order valence-electron chi connectivity index (χ1n) is 45.0. The molecule has 0 bridgehead atoms. The molecule has 4 aliphatic carbocycles. The van der Waals surface area contributed by atoms with Gasteiger partial charge in [-0.3, -0.25) is 28.8 Å². The quantitative estimate of drug-likeness (QED) is 0.0283. The van der Waals surface area contributed by atoms with E-state index in [1.165, 1.54) is 114 Å². The summed E-state index contributed by atoms with van der Waals surface area (Å²) >= 11 is 0. The van der Waals surface area contributed by atoms with Crippen molar-refractivity contribution in [3.63, 3.8) is 0 Å². The van der Waals surface area contributed by atoms with Crippen molar-refractivity contribution in [2.24, 2.45) is 32.5 Å². The molecule has 1 N–H and O–H groups in total. The van der Waals surface area contributed by atoms with Gasteiger partial charge in [-0.15, -0.1) is 0 Å². The summed E-state index contributed by atoms with van der Waals surface area (Å²) in [4.78, 5) is 69.0. The maximum Gasteiger partial charge on any atom is 0.312 e. The van der Waals surface area contributed by atoms with E-state index < -0.39 is 5.41 Å². The van der Waals surface area contributed by atoms with Crippen molar-refractivity contribution in [2.75, 3.05) is 74.2 Å². The van der Waals surface area contributed by atoms with Gasteiger partial charge in [0.15, 0.2) is 12.6 Å². The lowest BCUT2D eigenvalue weighted by atomic mass is 9.89. The zero-order valence-corrected chi connectivity index (χ0v) is 79.7. The molecular formula is C97H174O20. The highest BCUT2D eigenvalue weighted by Gasteiger charge is 2.41. The van der Waals surface area contributed by atoms with Gasteiger partial charge in [0.25, 0.3) is 0 Å². The smallest absolute Gasteiger partial charge is 0.312 e. The van der Waals surface area contributed by atoms with Crippen molar-refractivity contribution in [2.45, 2.75) is 408 Å². The Labute approximate surface area is 713 Å². The molecule has 20 nitrogen and oxygen atoms in total. The maximum atomic E-state index is 12.0. The number of esters is 6. The molecule has 4 aliphatic rings. The summed E-state index contributed by atoms with van der Waals surface area (Å²) in [6, 6.07) is 16.9. The Morgan fingerprint density at radius 2 is 0.590 bits per heavy atom. The fourth-order valence-electron chi connectivity index (χ4n) is 11.8. The van der Waals surface area contributed by atoms with Crippen LogP contribution in [-0.2, 0) is 80.9 Å². The van der Waals surface area contributed by atoms with Crippen LogP contribution in [0.4, 0.5) is 0 Å². The Morgan fingerprint density at radius 3 is 0.803 bits per heavy atom. The summed E-state index contributed by atoms with van der Waals surface area (Å²) in [6.45, 7) is 54.3. The van der Waals surface area contributed by atoms with Crippen molar-refractivity contribution < 1.29 is 95.5 Å². The predicted molar refractivity (Wildman–Crippen MR) is 473 cm³/mol. The first-order chi connectivity index (χ1) is 55.0. The van der Waals surface area contributed by atoms with Gasteiger partial charge in [0.2, 0.25) is 0 Å². The minimum Gasteiger partial charge on any atom is -0.465 e. The molecular weight excluding hydrogens is 1490 g/mol. The Balaban J connectivity index is 0. The number of rotatable bonds is 39. The largest absolute Gasteiger partial charge is 0.465 e. The van der Waals surface area contributed by atoms with Crippen LogP contribution in [0.2, 0.25) is 0 Å². The first-order valence-corrected chi connectivity index (χ1v) is 45.0. The van der Waals surface area contributed by atoms with E-state index in [-0.39, 0.29) is 99.9 Å². The van der Waals surface area contributed by atoms with E-state index in [1.54, 1.807) is 21.3 Å². The van der Waals surface area contributed by atoms with E-state index in [0.717, 1.165) is 88.5 Å². The van der Waals surface area contributed by atoms with Crippen molar-refractivity contribution in [3.8, 4) is 11.5 Å². The van der Waals surface area contributed by atoms with E-state index in [9.17, 15) is 28.8 Å². The summed E-state index contributed by atoms with van der Waals surface area (Å²) in [7, 11) is 4.75. The molecule has 4 fully saturated rings. The summed E-state index contributed by atoms with van der Waals surface area (Å²) in [5.74, 6) is 2.29. The van der Waals surface area contributed by atoms with Crippen LogP contribution in [0.3, 0.4) is 0 Å². The number of aliphatic hydroxyl groups excluding tert-OH is 1. The number of carbonyl (C=O) groups is 6. The number of hydrogen-bond acceptors (Lipinski definition) is 20. The van der Waals surface area contributed by atoms with Crippen LogP contribution < -0.4 is 9.47 Å². The van der Waals surface area contributed by atoms with Crippen molar-refractivity contribution in [3.05, 3.63) is 59.7 Å². The Hall–Kier alpha value is -5.38. The van der Waals surface area contributed by atoms with Gasteiger partial charge in [0, 0.05) is 21.3 Å². The highest BCUT2D eigenvalue weighted by molar-refractivity contribution is 5.78. The predicted octanol–water partition coefficient (Wildman–Crippen LogP) is 23.7. The van der Waals surface area contributed by atoms with Gasteiger partial charge in [-0.1, -0.05) is 146 Å². The van der Waals surface area contributed by atoms with Crippen LogP contribution in [0.1, 0.15) is 383 Å². The van der Waals surface area contributed by atoms with Gasteiger partial charge in [0.05, 0.1) is 71.1 Å². The molecule has 0 amide bonds. The fourth-order valence-corrected chi connectivity index (χ4v) is 11.8. The van der Waals surface area contributed by atoms with Crippen LogP contribution >= 0.6 is 0 Å². The lowest BCUT2D eigenvalue weighted by molar-refractivity contribution is -0.171. The van der Waals surface area contributed by atoms with E-state index in [0.29, 0.717) is 63.7 Å². The summed E-state index contributed by atoms with van der Waals surface area (Å²) < 4.78 is 69.2. The molecule has 0 heterocycles. The zero-order chi connectivity index (χ0) is 89.5. The van der Waals surface area contributed by atoms with Gasteiger partial charge in [-0.2, -0.15) is 0 Å². The molecule has 4 atom stereocenters. The van der Waals surface area contributed by atoms with Crippen LogP contribution in [0.5, 0.6) is 11.5 Å². The monoisotopic (exact) mass is 1660 g/mol. The first kappa shape index (κ1) is 114. The Bertz CT molecular complexity index is 2680. The molecule has 20 heteroatoms. The van der Waals surface area contributed by atoms with Crippen LogP contribution in [0.25, 0.3) is 0 Å². The number of aliphatic hydroxyl groups is 1. The topological polar surface area (TPSA) is 243 Å². The van der Waals surface area contributed by atoms with Crippen LogP contribution in [0, 0.1) is 32.5 Å². The van der Waals surface area contributed by atoms with Crippen LogP contribution in [-0.4, -0.2) is 151 Å². The normalized spacial score (nSPS) is 16.4. The molecule has 0 aromatic heterocycles. The third-order valence-corrected chi connectivity index (χ3v) is 24.0. The molecule has 4 saturated carbocycles. The zero-order valence-electron chi connectivity index (χ0n) is 79.7. The molecule has 0 saturated heterocycles. The Kier molecular flexibility index (Phi) is 59.3. The minimum absolute atomic E-state index is 0.0197. The van der Waals surface area contributed by atoms with Gasteiger partial charge in [-0.25, -0.2) is 0 Å². The van der Waals surface area contributed by atoms with Gasteiger partial charge < -0.3 is 66.7 Å². The van der Waals surface area contributed by atoms with Gasteiger partial charge >= 0.3 is 35.8 Å². The summed E-state index contributed by atoms with van der Waals surface area (Å²) in [5.41, 5.74) is 0.300. The lowest BCUT2D eigenvalue weighted by Crippen LogP contribution is -2.37. The number of carbonyl (C=O) groups excluding carboxylic acids is 6. The third kappa shape index (κ3) is 47.6. The number of hydrogen-bond donors (Lipinski definition) is 1. The van der Waals surface area contributed by atoms with Crippen molar-refractivity contribution in [1.29, 1.82) is 0 Å². The highest BCUT2D eigenvalue weighted by Crippen LogP contribution is 2.40. The van der Waals surface area contributed by atoms with Gasteiger partial charge in [0.1, 0.15) is 49.1 Å². The highest BCUT2D eigenvalue weighted by atomic mass is 16.7. The number of methoxy groups -OCH3 is 3. The third-order valence-electron chi connectivity index (χ3n) is 24.0. The van der Waals surface area contributed by atoms with Crippen LogP contribution in [0.15, 0.2) is 48.5 Å². The molecule has 117 heavy (non-hydrogen) atoms. The second-order valence-corrected chi connectivity index (χ2v) is 35.9. The van der Waals surface area contributed by atoms with E-state index >= 15 is 0 Å². The van der Waals surface area contributed by atoms with E-state index in [2.05, 4.69) is 90.1 Å². The summed E-state index contributed by atoms with van der Waals surface area (Å²) in [6.07, 6.45) is 31.1. The SMILES string of the molecule is CCC(C)(C)C(=O)OCCO.CCC(C)(C)C(=O)OCCOC.CCC(C)(C)C(=O)OCCOC.CCC(C)(C)C(=O)OCCOC.CCC(C)c1ccc(OC(C)OC2CCCCC2)cc1.CCC(C)c1ccc(OC(C)OC2CCCCC2)cc1.CCC1(OC(=O)C(C)(C)CC)CCCC1.CCC1(OC(=O)C(C)(C)CC)CCCC1. The molecule has 2 aromatic carbocycles. The molecule has 0 radical (unpaired) electrons. The van der Waals surface area contributed by atoms with E-state index in [4.69, 9.17) is 66.7 Å². The average Bonchev–Trinajstić information content (AvgIpc) is 1.70. The molecule has 0 aliphatic heterocycles. The standard InChI is InChI=1S/2C18H28O2.2C13H24O2.3C9H18O3.C8H16O3/c2*1-4-14(2)16-10-12-18(13-11-16)20-15(3)19-17-8-6-5-7-9-17;2*1-5-12(3,4)11(14)15-13(6-2)9-7-8-10-13;3*1-5-9(2,3)8(10)12-7-6-11-4;1-4-8(2,3)7(10)11-6-5-9/h2*10-15,17H,4-9H2,1-3H3;2*5-10H2,1-4H3;3*5-7H2,1-4H3;9H,4-6H2,1-3H3. The maximum absolute atomic E-state index is 12.0. The molecule has 2 aromatic rings. The molecule has 4 unspecified atom stereocenters. The molecule has 6 rings (SSSR count). The average molecular weight is 1660 g/mol.